The molecule has 0 aliphatic heterocycles. The van der Waals surface area contributed by atoms with Gasteiger partial charge in [-0.2, -0.15) is 0 Å². The molecule has 0 aliphatic rings. The van der Waals surface area contributed by atoms with E-state index in [0.717, 1.165) is 6.42 Å². The fraction of sp³-hybridized carbons (Fsp3) is 0.917. The summed E-state index contributed by atoms with van der Waals surface area (Å²) in [6, 6.07) is 0. The zero-order valence-electron chi connectivity index (χ0n) is 9.52. The predicted octanol–water partition coefficient (Wildman–Crippen LogP) is 3.50. The van der Waals surface area contributed by atoms with Crippen molar-refractivity contribution >= 4 is 0 Å². The number of unbranched alkanes of at least 4 members (excludes halogenated alkanes) is 3. The monoisotopic (exact) mass is 184 g/mol. The van der Waals surface area contributed by atoms with Gasteiger partial charge in [0, 0.05) is 0 Å². The number of hydrogen-bond acceptors (Lipinski definition) is 1. The third kappa shape index (κ3) is 8.29. The smallest absolute Gasteiger partial charge is 0.00187 e. The van der Waals surface area contributed by atoms with E-state index < -0.39 is 0 Å². The lowest BCUT2D eigenvalue weighted by atomic mass is 10.2. The fourth-order valence-corrected chi connectivity index (χ4v) is 1.43. The van der Waals surface area contributed by atoms with Crippen LogP contribution >= 0.6 is 0 Å². The number of hydrogen-bond donors (Lipinski definition) is 0. The molecule has 0 atom stereocenters. The van der Waals surface area contributed by atoms with E-state index in [9.17, 15) is 0 Å². The average molecular weight is 184 g/mol. The van der Waals surface area contributed by atoms with Crippen LogP contribution in [-0.2, 0) is 0 Å². The van der Waals surface area contributed by atoms with Gasteiger partial charge in [0.05, 0.1) is 0 Å². The van der Waals surface area contributed by atoms with Gasteiger partial charge >= 0.3 is 0 Å². The van der Waals surface area contributed by atoms with Gasteiger partial charge in [0.2, 0.25) is 0 Å². The van der Waals surface area contributed by atoms with E-state index in [2.05, 4.69) is 25.7 Å². The van der Waals surface area contributed by atoms with Crippen molar-refractivity contribution in [3.05, 3.63) is 6.92 Å². The van der Waals surface area contributed by atoms with Crippen LogP contribution in [0.5, 0.6) is 0 Å². The SMILES string of the molecule is [CH2]CCCN(CCCC)CCCC. The molecule has 1 heteroatoms. The Bertz CT molecular complexity index is 72.1. The summed E-state index contributed by atoms with van der Waals surface area (Å²) in [5.41, 5.74) is 0. The molecule has 0 aromatic rings. The second kappa shape index (κ2) is 10.0. The van der Waals surface area contributed by atoms with E-state index in [1.807, 2.05) is 0 Å². The second-order valence-electron chi connectivity index (χ2n) is 3.76. The zero-order chi connectivity index (χ0) is 9.94. The molecule has 0 saturated heterocycles. The van der Waals surface area contributed by atoms with Gasteiger partial charge in [-0.1, -0.05) is 40.0 Å². The molecule has 0 fully saturated rings. The molecule has 1 nitrogen and oxygen atoms in total. The molecule has 0 unspecified atom stereocenters. The van der Waals surface area contributed by atoms with Crippen molar-refractivity contribution in [2.45, 2.75) is 52.4 Å². The minimum Gasteiger partial charge on any atom is -0.303 e. The first kappa shape index (κ1) is 13.0. The summed E-state index contributed by atoms with van der Waals surface area (Å²) in [7, 11) is 0. The Balaban J connectivity index is 3.47. The van der Waals surface area contributed by atoms with E-state index in [-0.39, 0.29) is 0 Å². The van der Waals surface area contributed by atoms with Crippen LogP contribution in [0.3, 0.4) is 0 Å². The molecule has 0 aliphatic carbocycles. The highest BCUT2D eigenvalue weighted by atomic mass is 15.1. The first-order valence-corrected chi connectivity index (χ1v) is 5.86. The molecule has 0 aromatic carbocycles. The van der Waals surface area contributed by atoms with E-state index >= 15 is 0 Å². The molecular weight excluding hydrogens is 158 g/mol. The molecule has 0 heterocycles. The van der Waals surface area contributed by atoms with Crippen LogP contribution in [-0.4, -0.2) is 24.5 Å². The van der Waals surface area contributed by atoms with Crippen molar-refractivity contribution in [1.82, 2.24) is 4.90 Å². The molecule has 0 N–H and O–H groups in total. The van der Waals surface area contributed by atoms with Crippen LogP contribution in [0.15, 0.2) is 0 Å². The van der Waals surface area contributed by atoms with Gasteiger partial charge in [-0.3, -0.25) is 0 Å². The van der Waals surface area contributed by atoms with Gasteiger partial charge in [-0.15, -0.1) is 0 Å². The topological polar surface area (TPSA) is 3.24 Å². The first-order valence-electron chi connectivity index (χ1n) is 5.86. The molecule has 0 saturated carbocycles. The standard InChI is InChI=1S/C12H26N/c1-4-7-10-13(11-8-5-2)12-9-6-3/h1,4-12H2,2-3H3. The predicted molar refractivity (Wildman–Crippen MR) is 60.8 cm³/mol. The Morgan fingerprint density at radius 2 is 1.31 bits per heavy atom. The summed E-state index contributed by atoms with van der Waals surface area (Å²) in [6.45, 7) is 12.2. The summed E-state index contributed by atoms with van der Waals surface area (Å²) < 4.78 is 0. The Morgan fingerprint density at radius 3 is 1.69 bits per heavy atom. The lowest BCUT2D eigenvalue weighted by molar-refractivity contribution is 0.262. The lowest BCUT2D eigenvalue weighted by Gasteiger charge is -2.21. The van der Waals surface area contributed by atoms with Crippen molar-refractivity contribution in [1.29, 1.82) is 0 Å². The Kier molecular flexibility index (Phi) is 10.0. The maximum Gasteiger partial charge on any atom is -0.00187 e. The normalized spacial score (nSPS) is 11.1. The molecule has 0 amide bonds. The van der Waals surface area contributed by atoms with Crippen LogP contribution in [0.2, 0.25) is 0 Å². The minimum absolute atomic E-state index is 1.08. The quantitative estimate of drug-likeness (QED) is 0.530. The summed E-state index contributed by atoms with van der Waals surface area (Å²) >= 11 is 0. The van der Waals surface area contributed by atoms with Crippen LogP contribution in [0, 0.1) is 6.92 Å². The average Bonchev–Trinajstić information content (AvgIpc) is 2.17. The highest BCUT2D eigenvalue weighted by Gasteiger charge is 2.01. The maximum atomic E-state index is 3.89. The highest BCUT2D eigenvalue weighted by Crippen LogP contribution is 2.01. The van der Waals surface area contributed by atoms with Crippen molar-refractivity contribution in [3.8, 4) is 0 Å². The molecule has 1 radical (unpaired) electrons. The number of nitrogens with zero attached hydrogens (tertiary/aromatic N) is 1. The lowest BCUT2D eigenvalue weighted by Crippen LogP contribution is -2.27. The van der Waals surface area contributed by atoms with Gasteiger partial charge in [-0.25, -0.2) is 0 Å². The molecule has 0 rings (SSSR count). The minimum atomic E-state index is 1.08. The van der Waals surface area contributed by atoms with E-state index in [4.69, 9.17) is 0 Å². The highest BCUT2D eigenvalue weighted by molar-refractivity contribution is 4.58. The summed E-state index contributed by atoms with van der Waals surface area (Å²) in [5, 5.41) is 0. The third-order valence-electron chi connectivity index (χ3n) is 2.38. The Morgan fingerprint density at radius 1 is 0.846 bits per heavy atom. The van der Waals surface area contributed by atoms with Crippen molar-refractivity contribution in [2.24, 2.45) is 0 Å². The molecule has 79 valence electrons. The van der Waals surface area contributed by atoms with Gasteiger partial charge in [0.25, 0.3) is 0 Å². The van der Waals surface area contributed by atoms with Gasteiger partial charge in [-0.05, 0) is 38.9 Å². The van der Waals surface area contributed by atoms with Crippen LogP contribution in [0.25, 0.3) is 0 Å². The zero-order valence-corrected chi connectivity index (χ0v) is 9.52. The summed E-state index contributed by atoms with van der Waals surface area (Å²) in [5.74, 6) is 0. The molecule has 0 bridgehead atoms. The fourth-order valence-electron chi connectivity index (χ4n) is 1.43. The third-order valence-corrected chi connectivity index (χ3v) is 2.38. The van der Waals surface area contributed by atoms with Gasteiger partial charge < -0.3 is 4.90 Å². The number of rotatable bonds is 9. The van der Waals surface area contributed by atoms with E-state index in [0.29, 0.717) is 0 Å². The largest absolute Gasteiger partial charge is 0.303 e. The molecule has 0 aromatic heterocycles. The van der Waals surface area contributed by atoms with Gasteiger partial charge in [0.15, 0.2) is 0 Å². The maximum absolute atomic E-state index is 3.89. The molecule has 0 spiro atoms. The molecular formula is C12H26N. The second-order valence-corrected chi connectivity index (χ2v) is 3.76. The van der Waals surface area contributed by atoms with Crippen LogP contribution in [0.4, 0.5) is 0 Å². The summed E-state index contributed by atoms with van der Waals surface area (Å²) in [4.78, 5) is 2.60. The summed E-state index contributed by atoms with van der Waals surface area (Å²) in [6.07, 6.45) is 7.66. The van der Waals surface area contributed by atoms with Crippen molar-refractivity contribution in [3.63, 3.8) is 0 Å². The van der Waals surface area contributed by atoms with Crippen LogP contribution in [0.1, 0.15) is 52.4 Å². The van der Waals surface area contributed by atoms with Crippen LogP contribution < -0.4 is 0 Å². The Labute approximate surface area is 84.5 Å². The first-order chi connectivity index (χ1) is 6.35. The van der Waals surface area contributed by atoms with Crippen molar-refractivity contribution < 1.29 is 0 Å². The van der Waals surface area contributed by atoms with Crippen molar-refractivity contribution in [2.75, 3.05) is 19.6 Å². The Hall–Kier alpha value is -0.0400. The van der Waals surface area contributed by atoms with E-state index in [1.54, 1.807) is 0 Å². The van der Waals surface area contributed by atoms with Gasteiger partial charge in [0.1, 0.15) is 0 Å². The molecule has 13 heavy (non-hydrogen) atoms. The van der Waals surface area contributed by atoms with E-state index in [1.165, 1.54) is 51.7 Å².